The lowest BCUT2D eigenvalue weighted by Gasteiger charge is -2.10. The molecule has 0 unspecified atom stereocenters. The lowest BCUT2D eigenvalue weighted by Crippen LogP contribution is -2.38. The number of aryl methyl sites for hydroxylation is 1. The van der Waals surface area contributed by atoms with E-state index in [4.69, 9.17) is 4.74 Å². The summed E-state index contributed by atoms with van der Waals surface area (Å²) in [5.74, 6) is -1.37. The average molecular weight is 371 g/mol. The van der Waals surface area contributed by atoms with E-state index in [1.165, 1.54) is 0 Å². The van der Waals surface area contributed by atoms with Crippen molar-refractivity contribution in [2.24, 2.45) is 0 Å². The van der Waals surface area contributed by atoms with Crippen molar-refractivity contribution in [3.8, 4) is 0 Å². The monoisotopic (exact) mass is 371 g/mol. The van der Waals surface area contributed by atoms with Crippen molar-refractivity contribution < 1.29 is 19.1 Å². The first-order valence-corrected chi connectivity index (χ1v) is 8.83. The Bertz CT molecular complexity index is 812. The highest BCUT2D eigenvalue weighted by molar-refractivity contribution is 5.93. The molecular formula is C20H25N3O4. The molecule has 0 fully saturated rings. The van der Waals surface area contributed by atoms with Gasteiger partial charge in [-0.25, -0.2) is 4.79 Å². The second kappa shape index (κ2) is 9.56. The third-order valence-corrected chi connectivity index (χ3v) is 4.13. The molecule has 2 amide bonds. The maximum Gasteiger partial charge on any atom is 0.340 e. The van der Waals surface area contributed by atoms with Crippen molar-refractivity contribution in [2.45, 2.75) is 27.3 Å². The van der Waals surface area contributed by atoms with Crippen molar-refractivity contribution in [2.75, 3.05) is 19.7 Å². The zero-order chi connectivity index (χ0) is 19.8. The van der Waals surface area contributed by atoms with E-state index in [2.05, 4.69) is 10.6 Å². The summed E-state index contributed by atoms with van der Waals surface area (Å²) in [7, 11) is 0. The van der Waals surface area contributed by atoms with Crippen molar-refractivity contribution in [3.63, 3.8) is 0 Å². The van der Waals surface area contributed by atoms with Crippen LogP contribution in [0.3, 0.4) is 0 Å². The van der Waals surface area contributed by atoms with Crippen molar-refractivity contribution >= 4 is 17.8 Å². The minimum atomic E-state index is -0.560. The first-order valence-electron chi connectivity index (χ1n) is 8.83. The van der Waals surface area contributed by atoms with Crippen molar-refractivity contribution in [3.05, 3.63) is 58.9 Å². The van der Waals surface area contributed by atoms with Crippen LogP contribution in [0.1, 0.15) is 34.2 Å². The van der Waals surface area contributed by atoms with Gasteiger partial charge in [0.15, 0.2) is 6.61 Å². The van der Waals surface area contributed by atoms with Crippen LogP contribution in [0.5, 0.6) is 0 Å². The third kappa shape index (κ3) is 5.70. The van der Waals surface area contributed by atoms with E-state index < -0.39 is 18.5 Å². The fourth-order valence-corrected chi connectivity index (χ4v) is 2.72. The average Bonchev–Trinajstić information content (AvgIpc) is 2.94. The summed E-state index contributed by atoms with van der Waals surface area (Å²) >= 11 is 0. The van der Waals surface area contributed by atoms with Crippen LogP contribution in [0.4, 0.5) is 0 Å². The smallest absolute Gasteiger partial charge is 0.340 e. The molecule has 144 valence electrons. The Kier molecular flexibility index (Phi) is 7.16. The normalized spacial score (nSPS) is 10.3. The first-order chi connectivity index (χ1) is 12.9. The van der Waals surface area contributed by atoms with Crippen LogP contribution < -0.4 is 10.6 Å². The second-order valence-electron chi connectivity index (χ2n) is 6.16. The van der Waals surface area contributed by atoms with Gasteiger partial charge in [0.1, 0.15) is 0 Å². The zero-order valence-corrected chi connectivity index (χ0v) is 15.9. The van der Waals surface area contributed by atoms with E-state index >= 15 is 0 Å². The van der Waals surface area contributed by atoms with Gasteiger partial charge in [-0.1, -0.05) is 30.3 Å². The number of hydrogen-bond acceptors (Lipinski definition) is 4. The largest absolute Gasteiger partial charge is 0.452 e. The standard InChI is InChI=1S/C20H25N3O4/c1-4-21-18(24)11-22-19(25)13-27-20(26)17-10-14(2)23(15(17)3)12-16-8-6-5-7-9-16/h5-10H,4,11-13H2,1-3H3,(H,21,24)(H,22,25). The van der Waals surface area contributed by atoms with Gasteiger partial charge in [-0.15, -0.1) is 0 Å². The lowest BCUT2D eigenvalue weighted by atomic mass is 10.2. The highest BCUT2D eigenvalue weighted by Crippen LogP contribution is 2.18. The number of carbonyl (C=O) groups is 3. The summed E-state index contributed by atoms with van der Waals surface area (Å²) in [5.41, 5.74) is 3.27. The molecule has 7 nitrogen and oxygen atoms in total. The van der Waals surface area contributed by atoms with Gasteiger partial charge in [0.05, 0.1) is 12.1 Å². The summed E-state index contributed by atoms with van der Waals surface area (Å²) in [5, 5.41) is 4.97. The first kappa shape index (κ1) is 20.2. The van der Waals surface area contributed by atoms with Gasteiger partial charge >= 0.3 is 5.97 Å². The Labute approximate surface area is 158 Å². The summed E-state index contributed by atoms with van der Waals surface area (Å²) < 4.78 is 7.11. The van der Waals surface area contributed by atoms with E-state index in [-0.39, 0.29) is 12.5 Å². The molecule has 0 aliphatic carbocycles. The molecule has 0 bridgehead atoms. The van der Waals surface area contributed by atoms with Crippen LogP contribution in [0.15, 0.2) is 36.4 Å². The maximum absolute atomic E-state index is 12.3. The number of nitrogens with zero attached hydrogens (tertiary/aromatic N) is 1. The molecule has 7 heteroatoms. The van der Waals surface area contributed by atoms with Crippen LogP contribution in [0, 0.1) is 13.8 Å². The van der Waals surface area contributed by atoms with Crippen molar-refractivity contribution in [1.29, 1.82) is 0 Å². The Morgan fingerprint density at radius 3 is 2.41 bits per heavy atom. The number of amides is 2. The molecular weight excluding hydrogens is 346 g/mol. The second-order valence-corrected chi connectivity index (χ2v) is 6.16. The van der Waals surface area contributed by atoms with Gasteiger partial charge in [0.25, 0.3) is 5.91 Å². The number of carbonyl (C=O) groups excluding carboxylic acids is 3. The number of likely N-dealkylation sites (N-methyl/N-ethyl adjacent to an activating group) is 1. The molecule has 0 aliphatic heterocycles. The predicted octanol–water partition coefficient (Wildman–Crippen LogP) is 1.56. The van der Waals surface area contributed by atoms with Crippen molar-refractivity contribution in [1.82, 2.24) is 15.2 Å². The Hall–Kier alpha value is -3.09. The molecule has 2 rings (SSSR count). The highest BCUT2D eigenvalue weighted by atomic mass is 16.5. The molecule has 2 N–H and O–H groups in total. The van der Waals surface area contributed by atoms with Gasteiger partial charge in [0.2, 0.25) is 5.91 Å². The predicted molar refractivity (Wildman–Crippen MR) is 101 cm³/mol. The topological polar surface area (TPSA) is 89.4 Å². The molecule has 1 aromatic heterocycles. The molecule has 0 atom stereocenters. The minimum Gasteiger partial charge on any atom is -0.452 e. The lowest BCUT2D eigenvalue weighted by molar-refractivity contribution is -0.127. The van der Waals surface area contributed by atoms with E-state index in [1.54, 1.807) is 13.0 Å². The Morgan fingerprint density at radius 1 is 1.04 bits per heavy atom. The number of benzene rings is 1. The highest BCUT2D eigenvalue weighted by Gasteiger charge is 2.18. The number of rotatable bonds is 8. The van der Waals surface area contributed by atoms with Gasteiger partial charge in [0, 0.05) is 24.5 Å². The Balaban J connectivity index is 1.94. The zero-order valence-electron chi connectivity index (χ0n) is 15.9. The minimum absolute atomic E-state index is 0.143. The van der Waals surface area contributed by atoms with Gasteiger partial charge in [-0.3, -0.25) is 9.59 Å². The quantitative estimate of drug-likeness (QED) is 0.689. The summed E-state index contributed by atoms with van der Waals surface area (Å²) in [6.07, 6.45) is 0. The van der Waals surface area contributed by atoms with E-state index in [0.29, 0.717) is 18.7 Å². The van der Waals surface area contributed by atoms with Gasteiger partial charge < -0.3 is 19.9 Å². The molecule has 0 aliphatic rings. The Morgan fingerprint density at radius 2 is 1.74 bits per heavy atom. The molecule has 1 aromatic carbocycles. The molecule has 0 spiro atoms. The molecule has 1 heterocycles. The summed E-state index contributed by atoms with van der Waals surface area (Å²) in [6.45, 7) is 6.13. The number of aromatic nitrogens is 1. The fourth-order valence-electron chi connectivity index (χ4n) is 2.72. The summed E-state index contributed by atoms with van der Waals surface area (Å²) in [6, 6.07) is 11.7. The number of ether oxygens (including phenoxy) is 1. The number of esters is 1. The van der Waals surface area contributed by atoms with Crippen LogP contribution in [0.2, 0.25) is 0 Å². The van der Waals surface area contributed by atoms with E-state index in [9.17, 15) is 14.4 Å². The maximum atomic E-state index is 12.3. The molecule has 27 heavy (non-hydrogen) atoms. The van der Waals surface area contributed by atoms with E-state index in [0.717, 1.165) is 17.0 Å². The third-order valence-electron chi connectivity index (χ3n) is 4.13. The van der Waals surface area contributed by atoms with Gasteiger partial charge in [-0.05, 0) is 32.4 Å². The van der Waals surface area contributed by atoms with Crippen LogP contribution >= 0.6 is 0 Å². The molecule has 2 aromatic rings. The SMILES string of the molecule is CCNC(=O)CNC(=O)COC(=O)c1cc(C)n(Cc2ccccc2)c1C. The number of nitrogens with one attached hydrogen (secondary N) is 2. The van der Waals surface area contributed by atoms with Crippen LogP contribution in [-0.2, 0) is 20.9 Å². The van der Waals surface area contributed by atoms with Gasteiger partial charge in [-0.2, -0.15) is 0 Å². The fraction of sp³-hybridized carbons (Fsp3) is 0.350. The van der Waals surface area contributed by atoms with E-state index in [1.807, 2.05) is 48.7 Å². The summed E-state index contributed by atoms with van der Waals surface area (Å²) in [4.78, 5) is 35.4. The van der Waals surface area contributed by atoms with Crippen LogP contribution in [0.25, 0.3) is 0 Å². The molecule has 0 saturated heterocycles. The molecule has 0 saturated carbocycles. The number of hydrogen-bond donors (Lipinski definition) is 2. The molecule has 0 radical (unpaired) electrons. The van der Waals surface area contributed by atoms with Crippen LogP contribution in [-0.4, -0.2) is 42.0 Å².